The number of likely N-dealkylation sites (N-methyl/N-ethyl adjacent to an activating group) is 1. The quantitative estimate of drug-likeness (QED) is 0.841. The second-order valence-electron chi connectivity index (χ2n) is 4.60. The highest BCUT2D eigenvalue weighted by molar-refractivity contribution is 6.06. The third kappa shape index (κ3) is 2.87. The number of benzene rings is 1. The van der Waals surface area contributed by atoms with E-state index in [0.717, 1.165) is 5.06 Å². The lowest BCUT2D eigenvalue weighted by Crippen LogP contribution is -2.32. The zero-order valence-electron chi connectivity index (χ0n) is 11.7. The third-order valence-corrected chi connectivity index (χ3v) is 3.21. The highest BCUT2D eigenvalue weighted by Crippen LogP contribution is 2.19. The molecule has 7 heteroatoms. The van der Waals surface area contributed by atoms with Crippen LogP contribution in [0.4, 0.5) is 4.39 Å². The molecular weight excluding hydrogens is 279 g/mol. The highest BCUT2D eigenvalue weighted by atomic mass is 19.1. The topological polar surface area (TPSA) is 70.1 Å². The van der Waals surface area contributed by atoms with Gasteiger partial charge in [0.2, 0.25) is 0 Å². The van der Waals surface area contributed by atoms with E-state index in [9.17, 15) is 19.1 Å². The molecule has 0 fully saturated rings. The Hall–Kier alpha value is -2.41. The van der Waals surface area contributed by atoms with Gasteiger partial charge in [-0.3, -0.25) is 14.4 Å². The molecule has 1 aliphatic rings. The molecule has 2 amide bonds. The summed E-state index contributed by atoms with van der Waals surface area (Å²) in [6.45, 7) is -0.142. The molecular formula is C14H15FN2O4. The summed E-state index contributed by atoms with van der Waals surface area (Å²) < 4.78 is 13.6. The van der Waals surface area contributed by atoms with Crippen molar-refractivity contribution < 1.29 is 23.9 Å². The summed E-state index contributed by atoms with van der Waals surface area (Å²) in [6, 6.07) is 5.98. The number of aliphatic hydroxyl groups is 1. The number of carbonyl (C=O) groups excluding carboxylic acids is 2. The highest BCUT2D eigenvalue weighted by Gasteiger charge is 2.34. The average molecular weight is 294 g/mol. The zero-order valence-corrected chi connectivity index (χ0v) is 11.7. The first-order chi connectivity index (χ1) is 9.95. The largest absolute Gasteiger partial charge is 0.503 e. The standard InChI is InChI=1S/C14H15FN2O4/c1-16-8-10(12(18)14(16)20)13(19)17(21-2)7-9-5-3-4-6-11(9)15/h3-6,18H,7-8H2,1-2H3. The summed E-state index contributed by atoms with van der Waals surface area (Å²) in [5, 5.41) is 10.6. The Kier molecular flexibility index (Phi) is 4.23. The van der Waals surface area contributed by atoms with Gasteiger partial charge in [0.15, 0.2) is 5.76 Å². The predicted octanol–water partition coefficient (Wildman–Crippen LogP) is 1.000. The molecule has 0 saturated carbocycles. The smallest absolute Gasteiger partial charge is 0.289 e. The van der Waals surface area contributed by atoms with Gasteiger partial charge < -0.3 is 10.0 Å². The van der Waals surface area contributed by atoms with Crippen molar-refractivity contribution in [1.82, 2.24) is 9.96 Å². The van der Waals surface area contributed by atoms with E-state index in [-0.39, 0.29) is 24.2 Å². The maximum absolute atomic E-state index is 13.6. The minimum Gasteiger partial charge on any atom is -0.503 e. The number of amides is 2. The van der Waals surface area contributed by atoms with Crippen LogP contribution in [-0.4, -0.2) is 47.6 Å². The normalized spacial score (nSPS) is 14.8. The first kappa shape index (κ1) is 15.0. The Labute approximate surface area is 121 Å². The van der Waals surface area contributed by atoms with Gasteiger partial charge in [0, 0.05) is 12.6 Å². The van der Waals surface area contributed by atoms with Crippen molar-refractivity contribution in [2.45, 2.75) is 6.54 Å². The molecule has 0 aliphatic carbocycles. The van der Waals surface area contributed by atoms with Crippen molar-refractivity contribution in [1.29, 1.82) is 0 Å². The molecule has 0 bridgehead atoms. The van der Waals surface area contributed by atoms with Gasteiger partial charge in [-0.15, -0.1) is 0 Å². The van der Waals surface area contributed by atoms with Crippen LogP contribution in [0.5, 0.6) is 0 Å². The minimum absolute atomic E-state index is 0.0133. The second kappa shape index (κ2) is 5.92. The van der Waals surface area contributed by atoms with E-state index in [1.54, 1.807) is 6.07 Å². The van der Waals surface area contributed by atoms with E-state index < -0.39 is 23.4 Å². The minimum atomic E-state index is -0.670. The van der Waals surface area contributed by atoms with Crippen LogP contribution in [-0.2, 0) is 21.0 Å². The molecule has 1 aromatic rings. The van der Waals surface area contributed by atoms with Crippen LogP contribution >= 0.6 is 0 Å². The Bertz CT molecular complexity index is 615. The lowest BCUT2D eigenvalue weighted by molar-refractivity contribution is -0.175. The van der Waals surface area contributed by atoms with Crippen molar-refractivity contribution in [3.8, 4) is 0 Å². The zero-order chi connectivity index (χ0) is 15.6. The lowest BCUT2D eigenvalue weighted by atomic mass is 10.2. The van der Waals surface area contributed by atoms with Crippen molar-refractivity contribution in [3.63, 3.8) is 0 Å². The molecule has 0 saturated heterocycles. The first-order valence-corrected chi connectivity index (χ1v) is 6.22. The number of hydrogen-bond donors (Lipinski definition) is 1. The van der Waals surface area contributed by atoms with Crippen LogP contribution in [0, 0.1) is 5.82 Å². The molecule has 1 aromatic carbocycles. The molecule has 1 heterocycles. The molecule has 1 aliphatic heterocycles. The Morgan fingerprint density at radius 2 is 2.14 bits per heavy atom. The molecule has 6 nitrogen and oxygen atoms in total. The first-order valence-electron chi connectivity index (χ1n) is 6.22. The summed E-state index contributed by atoms with van der Waals surface area (Å²) in [7, 11) is 2.73. The van der Waals surface area contributed by atoms with Gasteiger partial charge in [-0.2, -0.15) is 0 Å². The number of hydrogen-bond acceptors (Lipinski definition) is 4. The number of carbonyl (C=O) groups is 2. The van der Waals surface area contributed by atoms with Gasteiger partial charge in [-0.1, -0.05) is 18.2 Å². The summed E-state index contributed by atoms with van der Waals surface area (Å²) in [4.78, 5) is 29.9. The van der Waals surface area contributed by atoms with E-state index in [1.165, 1.54) is 37.3 Å². The summed E-state index contributed by atoms with van der Waals surface area (Å²) >= 11 is 0. The Morgan fingerprint density at radius 1 is 1.48 bits per heavy atom. The lowest BCUT2D eigenvalue weighted by Gasteiger charge is -2.20. The maximum atomic E-state index is 13.6. The van der Waals surface area contributed by atoms with Crippen LogP contribution in [0.15, 0.2) is 35.6 Å². The van der Waals surface area contributed by atoms with Crippen molar-refractivity contribution in [3.05, 3.63) is 47.0 Å². The summed E-state index contributed by atoms with van der Waals surface area (Å²) in [5.74, 6) is -2.36. The second-order valence-corrected chi connectivity index (χ2v) is 4.60. The van der Waals surface area contributed by atoms with Gasteiger partial charge in [-0.25, -0.2) is 9.45 Å². The van der Waals surface area contributed by atoms with Crippen molar-refractivity contribution in [2.75, 3.05) is 20.7 Å². The Balaban J connectivity index is 2.21. The molecule has 0 radical (unpaired) electrons. The van der Waals surface area contributed by atoms with E-state index in [1.807, 2.05) is 0 Å². The molecule has 0 aromatic heterocycles. The molecule has 21 heavy (non-hydrogen) atoms. The van der Waals surface area contributed by atoms with Gasteiger partial charge in [0.05, 0.1) is 25.8 Å². The van der Waals surface area contributed by atoms with Crippen LogP contribution in [0.2, 0.25) is 0 Å². The van der Waals surface area contributed by atoms with Gasteiger partial charge in [0.25, 0.3) is 11.8 Å². The number of hydroxylamine groups is 2. The molecule has 0 unspecified atom stereocenters. The fourth-order valence-corrected chi connectivity index (χ4v) is 2.01. The van der Waals surface area contributed by atoms with Crippen LogP contribution in [0.3, 0.4) is 0 Å². The molecule has 2 rings (SSSR count). The van der Waals surface area contributed by atoms with E-state index in [0.29, 0.717) is 0 Å². The number of aliphatic hydroxyl groups excluding tert-OH is 1. The molecule has 0 spiro atoms. The van der Waals surface area contributed by atoms with E-state index in [4.69, 9.17) is 4.84 Å². The van der Waals surface area contributed by atoms with Crippen LogP contribution in [0.25, 0.3) is 0 Å². The SMILES string of the molecule is CON(Cc1ccccc1F)C(=O)C1=C(O)C(=O)N(C)C1. The monoisotopic (exact) mass is 294 g/mol. The van der Waals surface area contributed by atoms with E-state index in [2.05, 4.69) is 0 Å². The molecule has 1 N–H and O–H groups in total. The van der Waals surface area contributed by atoms with Gasteiger partial charge in [-0.05, 0) is 6.07 Å². The summed E-state index contributed by atoms with van der Waals surface area (Å²) in [5.41, 5.74) is 0.200. The maximum Gasteiger partial charge on any atom is 0.289 e. The summed E-state index contributed by atoms with van der Waals surface area (Å²) in [6.07, 6.45) is 0. The fourth-order valence-electron chi connectivity index (χ4n) is 2.01. The molecule has 0 atom stereocenters. The van der Waals surface area contributed by atoms with Crippen molar-refractivity contribution >= 4 is 11.8 Å². The fraction of sp³-hybridized carbons (Fsp3) is 0.286. The average Bonchev–Trinajstić information content (AvgIpc) is 2.73. The van der Waals surface area contributed by atoms with E-state index >= 15 is 0 Å². The number of halogens is 1. The van der Waals surface area contributed by atoms with Crippen LogP contribution in [0.1, 0.15) is 5.56 Å². The van der Waals surface area contributed by atoms with Crippen molar-refractivity contribution in [2.24, 2.45) is 0 Å². The number of rotatable bonds is 4. The van der Waals surface area contributed by atoms with Gasteiger partial charge in [0.1, 0.15) is 5.82 Å². The van der Waals surface area contributed by atoms with Gasteiger partial charge >= 0.3 is 0 Å². The third-order valence-electron chi connectivity index (χ3n) is 3.21. The van der Waals surface area contributed by atoms with Crippen LogP contribution < -0.4 is 0 Å². The Morgan fingerprint density at radius 3 is 2.67 bits per heavy atom. The number of nitrogens with zero attached hydrogens (tertiary/aromatic N) is 2. The molecule has 112 valence electrons. The predicted molar refractivity (Wildman–Crippen MR) is 71.3 cm³/mol.